The van der Waals surface area contributed by atoms with Gasteiger partial charge in [-0.15, -0.1) is 11.3 Å². The van der Waals surface area contributed by atoms with Gasteiger partial charge < -0.3 is 5.73 Å². The molecule has 1 heterocycles. The molecule has 1 atom stereocenters. The predicted octanol–water partition coefficient (Wildman–Crippen LogP) is 0.408. The molecule has 8 heteroatoms. The van der Waals surface area contributed by atoms with Gasteiger partial charge in [-0.05, 0) is 18.1 Å². The second-order valence-electron chi connectivity index (χ2n) is 3.98. The molecule has 1 rings (SSSR count). The van der Waals surface area contributed by atoms with Gasteiger partial charge in [0.1, 0.15) is 21.2 Å². The third kappa shape index (κ3) is 3.29. The molecule has 0 aromatic carbocycles. The highest BCUT2D eigenvalue weighted by molar-refractivity contribution is 7.91. The number of nitriles is 1. The van der Waals surface area contributed by atoms with Crippen molar-refractivity contribution in [3.63, 3.8) is 0 Å². The largest absolute Gasteiger partial charge is 0.368 e. The summed E-state index contributed by atoms with van der Waals surface area (Å²) < 4.78 is 26.2. The number of primary amides is 1. The zero-order valence-corrected chi connectivity index (χ0v) is 11.5. The fourth-order valence-electron chi connectivity index (χ4n) is 1.27. The van der Waals surface area contributed by atoms with Crippen LogP contribution in [0.2, 0.25) is 0 Å². The van der Waals surface area contributed by atoms with Crippen LogP contribution in [0.15, 0.2) is 16.3 Å². The Morgan fingerprint density at radius 2 is 2.11 bits per heavy atom. The minimum absolute atomic E-state index is 0.00838. The van der Waals surface area contributed by atoms with Crippen molar-refractivity contribution in [1.29, 1.82) is 5.26 Å². The van der Waals surface area contributed by atoms with Gasteiger partial charge in [0.15, 0.2) is 0 Å². The van der Waals surface area contributed by atoms with Gasteiger partial charge in [0.2, 0.25) is 5.91 Å². The Balaban J connectivity index is 3.01. The van der Waals surface area contributed by atoms with E-state index in [1.165, 1.54) is 12.1 Å². The zero-order chi connectivity index (χ0) is 13.9. The second-order valence-corrected chi connectivity index (χ2v) is 7.00. The van der Waals surface area contributed by atoms with Crippen molar-refractivity contribution in [2.75, 3.05) is 0 Å². The summed E-state index contributed by atoms with van der Waals surface area (Å²) in [6.07, 6.45) is 0. The van der Waals surface area contributed by atoms with E-state index in [1.807, 2.05) is 6.07 Å². The molecular weight excluding hydrogens is 274 g/mol. The molecule has 1 amide bonds. The molecule has 0 aliphatic carbocycles. The highest BCUT2D eigenvalue weighted by atomic mass is 32.2. The van der Waals surface area contributed by atoms with E-state index in [0.717, 1.165) is 11.3 Å². The number of hydrogen-bond donors (Lipinski definition) is 2. The van der Waals surface area contributed by atoms with E-state index in [1.54, 1.807) is 13.8 Å². The molecule has 3 N–H and O–H groups in total. The van der Waals surface area contributed by atoms with Gasteiger partial charge >= 0.3 is 0 Å². The molecule has 0 saturated heterocycles. The molecule has 1 aromatic rings. The normalized spacial score (nSPS) is 13.2. The Hall–Kier alpha value is -1.43. The van der Waals surface area contributed by atoms with Crippen LogP contribution in [0.4, 0.5) is 0 Å². The van der Waals surface area contributed by atoms with Crippen LogP contribution < -0.4 is 10.5 Å². The number of amides is 1. The molecule has 0 fully saturated rings. The lowest BCUT2D eigenvalue weighted by Gasteiger charge is -2.18. The molecule has 0 saturated carbocycles. The van der Waals surface area contributed by atoms with Crippen molar-refractivity contribution < 1.29 is 13.2 Å². The van der Waals surface area contributed by atoms with Crippen LogP contribution >= 0.6 is 11.3 Å². The molecule has 0 spiro atoms. The third-order valence-electron chi connectivity index (χ3n) is 2.21. The maximum absolute atomic E-state index is 12.0. The maximum Gasteiger partial charge on any atom is 0.250 e. The SMILES string of the molecule is CC(C)C(NS(=O)(=O)c1ccc(C#N)s1)C(N)=O. The summed E-state index contributed by atoms with van der Waals surface area (Å²) in [6.45, 7) is 3.38. The summed E-state index contributed by atoms with van der Waals surface area (Å²) in [5.41, 5.74) is 5.14. The van der Waals surface area contributed by atoms with Gasteiger partial charge in [0.25, 0.3) is 10.0 Å². The Morgan fingerprint density at radius 3 is 2.50 bits per heavy atom. The highest BCUT2D eigenvalue weighted by Gasteiger charge is 2.27. The van der Waals surface area contributed by atoms with E-state index in [0.29, 0.717) is 0 Å². The van der Waals surface area contributed by atoms with Crippen molar-refractivity contribution in [2.24, 2.45) is 11.7 Å². The Bertz CT molecular complexity index is 584. The Kier molecular flexibility index (Phi) is 4.45. The van der Waals surface area contributed by atoms with Crippen LogP contribution in [-0.2, 0) is 14.8 Å². The van der Waals surface area contributed by atoms with E-state index in [2.05, 4.69) is 4.72 Å². The van der Waals surface area contributed by atoms with E-state index in [4.69, 9.17) is 11.0 Å². The lowest BCUT2D eigenvalue weighted by molar-refractivity contribution is -0.120. The number of rotatable bonds is 5. The monoisotopic (exact) mass is 287 g/mol. The number of thiophene rings is 1. The number of nitrogens with two attached hydrogens (primary N) is 1. The van der Waals surface area contributed by atoms with Crippen LogP contribution in [0.3, 0.4) is 0 Å². The zero-order valence-electron chi connectivity index (χ0n) is 9.88. The summed E-state index contributed by atoms with van der Waals surface area (Å²) in [5.74, 6) is -0.988. The first-order valence-corrected chi connectivity index (χ1v) is 7.39. The quantitative estimate of drug-likeness (QED) is 0.816. The standard InChI is InChI=1S/C10H13N3O3S2/c1-6(2)9(10(12)14)13-18(15,16)8-4-3-7(5-11)17-8/h3-4,6,9,13H,1-2H3,(H2,12,14). The van der Waals surface area contributed by atoms with Crippen molar-refractivity contribution in [3.05, 3.63) is 17.0 Å². The summed E-state index contributed by atoms with van der Waals surface area (Å²) in [4.78, 5) is 11.4. The van der Waals surface area contributed by atoms with Gasteiger partial charge in [0.05, 0.1) is 0 Å². The van der Waals surface area contributed by atoms with Crippen LogP contribution in [0.5, 0.6) is 0 Å². The number of nitrogens with one attached hydrogen (secondary N) is 1. The van der Waals surface area contributed by atoms with Crippen LogP contribution in [0.25, 0.3) is 0 Å². The minimum atomic E-state index is -3.82. The summed E-state index contributed by atoms with van der Waals surface area (Å²) in [7, 11) is -3.82. The van der Waals surface area contributed by atoms with Crippen LogP contribution in [0.1, 0.15) is 18.7 Å². The van der Waals surface area contributed by atoms with Gasteiger partial charge in [-0.25, -0.2) is 8.42 Å². The number of carbonyl (C=O) groups is 1. The minimum Gasteiger partial charge on any atom is -0.368 e. The molecule has 1 aromatic heterocycles. The lowest BCUT2D eigenvalue weighted by atomic mass is 10.1. The Labute approximate surface area is 109 Å². The molecule has 0 aliphatic heterocycles. The summed E-state index contributed by atoms with van der Waals surface area (Å²) in [6, 6.07) is 3.62. The van der Waals surface area contributed by atoms with E-state index < -0.39 is 22.0 Å². The van der Waals surface area contributed by atoms with Gasteiger partial charge in [-0.2, -0.15) is 9.98 Å². The number of carbonyl (C=O) groups excluding carboxylic acids is 1. The van der Waals surface area contributed by atoms with Crippen molar-refractivity contribution in [1.82, 2.24) is 4.72 Å². The first kappa shape index (κ1) is 14.6. The molecule has 0 aliphatic rings. The average Bonchev–Trinajstić information content (AvgIpc) is 2.74. The smallest absolute Gasteiger partial charge is 0.250 e. The lowest BCUT2D eigenvalue weighted by Crippen LogP contribution is -2.47. The maximum atomic E-state index is 12.0. The van der Waals surface area contributed by atoms with Gasteiger partial charge in [-0.1, -0.05) is 13.8 Å². The number of hydrogen-bond acceptors (Lipinski definition) is 5. The molecule has 1 unspecified atom stereocenters. The third-order valence-corrected chi connectivity index (χ3v) is 5.13. The van der Waals surface area contributed by atoms with Crippen molar-refractivity contribution in [3.8, 4) is 6.07 Å². The van der Waals surface area contributed by atoms with E-state index in [9.17, 15) is 13.2 Å². The van der Waals surface area contributed by atoms with Gasteiger partial charge in [-0.3, -0.25) is 4.79 Å². The molecule has 98 valence electrons. The van der Waals surface area contributed by atoms with Crippen LogP contribution in [0, 0.1) is 17.2 Å². The fourth-order valence-corrected chi connectivity index (χ4v) is 3.75. The molecule has 0 bridgehead atoms. The highest BCUT2D eigenvalue weighted by Crippen LogP contribution is 2.21. The van der Waals surface area contributed by atoms with E-state index in [-0.39, 0.29) is 15.0 Å². The van der Waals surface area contributed by atoms with Gasteiger partial charge in [0, 0.05) is 0 Å². The molecular formula is C10H13N3O3S2. The fraction of sp³-hybridized carbons (Fsp3) is 0.400. The summed E-state index contributed by atoms with van der Waals surface area (Å²) in [5, 5.41) is 8.65. The topological polar surface area (TPSA) is 113 Å². The number of nitrogens with zero attached hydrogens (tertiary/aromatic N) is 1. The molecule has 0 radical (unpaired) electrons. The second kappa shape index (κ2) is 5.48. The average molecular weight is 287 g/mol. The predicted molar refractivity (Wildman–Crippen MR) is 67.2 cm³/mol. The Morgan fingerprint density at radius 1 is 1.50 bits per heavy atom. The van der Waals surface area contributed by atoms with Crippen LogP contribution in [-0.4, -0.2) is 20.4 Å². The van der Waals surface area contributed by atoms with Crippen molar-refractivity contribution in [2.45, 2.75) is 24.1 Å². The summed E-state index contributed by atoms with van der Waals surface area (Å²) >= 11 is 0.842. The number of sulfonamides is 1. The molecule has 6 nitrogen and oxygen atoms in total. The van der Waals surface area contributed by atoms with Crippen molar-refractivity contribution >= 4 is 27.3 Å². The first-order chi connectivity index (χ1) is 8.27. The first-order valence-electron chi connectivity index (χ1n) is 5.09. The van der Waals surface area contributed by atoms with E-state index >= 15 is 0 Å². The molecule has 18 heavy (non-hydrogen) atoms.